The van der Waals surface area contributed by atoms with Gasteiger partial charge in [-0.2, -0.15) is 0 Å². The lowest BCUT2D eigenvalue weighted by molar-refractivity contribution is -0.384. The first kappa shape index (κ1) is 17.9. The van der Waals surface area contributed by atoms with E-state index in [4.69, 9.17) is 0 Å². The standard InChI is InChI=1S/C20H23N3O3/c1-15-7-8-18(19(13-15)23(25)26)21-14-16-9-11-22(12-10-16)20(24)17-5-3-2-4-6-17/h2-8,13,16,21H,9-12,14H2,1H3. The minimum absolute atomic E-state index is 0.0752. The maximum atomic E-state index is 12.5. The van der Waals surface area contributed by atoms with Crippen LogP contribution in [0.5, 0.6) is 0 Å². The van der Waals surface area contributed by atoms with E-state index in [1.54, 1.807) is 12.1 Å². The Morgan fingerprint density at radius 1 is 1.19 bits per heavy atom. The second-order valence-electron chi connectivity index (χ2n) is 6.76. The summed E-state index contributed by atoms with van der Waals surface area (Å²) in [4.78, 5) is 25.2. The molecule has 1 heterocycles. The number of carbonyl (C=O) groups excluding carboxylic acids is 1. The summed E-state index contributed by atoms with van der Waals surface area (Å²) in [6, 6.07) is 14.6. The van der Waals surface area contributed by atoms with E-state index < -0.39 is 0 Å². The monoisotopic (exact) mass is 353 g/mol. The van der Waals surface area contributed by atoms with Crippen LogP contribution in [0.25, 0.3) is 0 Å². The first-order chi connectivity index (χ1) is 12.5. The molecule has 3 rings (SSSR count). The van der Waals surface area contributed by atoms with Crippen LogP contribution in [0.15, 0.2) is 48.5 Å². The van der Waals surface area contributed by atoms with Crippen LogP contribution in [0.4, 0.5) is 11.4 Å². The van der Waals surface area contributed by atoms with E-state index in [-0.39, 0.29) is 16.5 Å². The van der Waals surface area contributed by atoms with E-state index >= 15 is 0 Å². The lowest BCUT2D eigenvalue weighted by Crippen LogP contribution is -2.39. The number of nitro groups is 1. The third-order valence-electron chi connectivity index (χ3n) is 4.85. The van der Waals surface area contributed by atoms with E-state index in [0.717, 1.165) is 37.1 Å². The van der Waals surface area contributed by atoms with Crippen molar-refractivity contribution in [2.45, 2.75) is 19.8 Å². The van der Waals surface area contributed by atoms with Gasteiger partial charge in [-0.1, -0.05) is 24.3 Å². The molecule has 1 aliphatic rings. The normalized spacial score (nSPS) is 14.9. The summed E-state index contributed by atoms with van der Waals surface area (Å²) in [7, 11) is 0. The molecule has 2 aromatic carbocycles. The molecule has 0 aliphatic carbocycles. The molecule has 0 bridgehead atoms. The van der Waals surface area contributed by atoms with E-state index in [2.05, 4.69) is 5.32 Å². The van der Waals surface area contributed by atoms with Crippen molar-refractivity contribution in [3.8, 4) is 0 Å². The molecule has 1 saturated heterocycles. The predicted octanol–water partition coefficient (Wildman–Crippen LogP) is 3.87. The van der Waals surface area contributed by atoms with Crippen molar-refractivity contribution in [3.63, 3.8) is 0 Å². The highest BCUT2D eigenvalue weighted by molar-refractivity contribution is 5.94. The van der Waals surface area contributed by atoms with Crippen molar-refractivity contribution in [2.24, 2.45) is 5.92 Å². The molecule has 0 radical (unpaired) electrons. The number of piperidine rings is 1. The van der Waals surface area contributed by atoms with Crippen molar-refractivity contribution in [1.82, 2.24) is 4.90 Å². The van der Waals surface area contributed by atoms with Gasteiger partial charge in [0, 0.05) is 31.3 Å². The number of likely N-dealkylation sites (tertiary alicyclic amines) is 1. The number of rotatable bonds is 5. The molecule has 0 spiro atoms. The van der Waals surface area contributed by atoms with Crippen molar-refractivity contribution < 1.29 is 9.72 Å². The lowest BCUT2D eigenvalue weighted by atomic mass is 9.96. The number of nitro benzene ring substituents is 1. The van der Waals surface area contributed by atoms with E-state index in [9.17, 15) is 14.9 Å². The quantitative estimate of drug-likeness (QED) is 0.654. The predicted molar refractivity (Wildman–Crippen MR) is 101 cm³/mol. The van der Waals surface area contributed by atoms with Gasteiger partial charge in [-0.25, -0.2) is 0 Å². The van der Waals surface area contributed by atoms with Gasteiger partial charge >= 0.3 is 0 Å². The average Bonchev–Trinajstić information content (AvgIpc) is 2.67. The fourth-order valence-corrected chi connectivity index (χ4v) is 3.30. The minimum Gasteiger partial charge on any atom is -0.379 e. The molecule has 0 saturated carbocycles. The van der Waals surface area contributed by atoms with Gasteiger partial charge in [-0.3, -0.25) is 14.9 Å². The Morgan fingerprint density at radius 2 is 1.88 bits per heavy atom. The zero-order valence-corrected chi connectivity index (χ0v) is 14.9. The van der Waals surface area contributed by atoms with Crippen molar-refractivity contribution in [1.29, 1.82) is 0 Å². The Labute approximate surface area is 153 Å². The number of hydrogen-bond donors (Lipinski definition) is 1. The van der Waals surface area contributed by atoms with Gasteiger partial charge < -0.3 is 10.2 Å². The fraction of sp³-hybridized carbons (Fsp3) is 0.350. The van der Waals surface area contributed by atoms with Crippen LogP contribution in [0.1, 0.15) is 28.8 Å². The van der Waals surface area contributed by atoms with Gasteiger partial charge in [0.1, 0.15) is 5.69 Å². The van der Waals surface area contributed by atoms with Crippen LogP contribution < -0.4 is 5.32 Å². The molecular formula is C20H23N3O3. The van der Waals surface area contributed by atoms with Gasteiger partial charge in [0.25, 0.3) is 11.6 Å². The van der Waals surface area contributed by atoms with Gasteiger partial charge in [0.15, 0.2) is 0 Å². The maximum Gasteiger partial charge on any atom is 0.292 e. The largest absolute Gasteiger partial charge is 0.379 e. The lowest BCUT2D eigenvalue weighted by Gasteiger charge is -2.32. The summed E-state index contributed by atoms with van der Waals surface area (Å²) in [5.41, 5.74) is 2.26. The highest BCUT2D eigenvalue weighted by Crippen LogP contribution is 2.27. The second-order valence-corrected chi connectivity index (χ2v) is 6.76. The molecule has 6 heteroatoms. The SMILES string of the molecule is Cc1ccc(NCC2CCN(C(=O)c3ccccc3)CC2)c([N+](=O)[O-])c1. The summed E-state index contributed by atoms with van der Waals surface area (Å²) < 4.78 is 0. The first-order valence-electron chi connectivity index (χ1n) is 8.88. The number of aryl methyl sites for hydroxylation is 1. The topological polar surface area (TPSA) is 75.5 Å². The molecule has 2 aromatic rings. The zero-order valence-electron chi connectivity index (χ0n) is 14.9. The second kappa shape index (κ2) is 7.99. The zero-order chi connectivity index (χ0) is 18.5. The first-order valence-corrected chi connectivity index (χ1v) is 8.88. The summed E-state index contributed by atoms with van der Waals surface area (Å²) in [6.07, 6.45) is 1.79. The Morgan fingerprint density at radius 3 is 2.54 bits per heavy atom. The Balaban J connectivity index is 1.54. The molecule has 136 valence electrons. The van der Waals surface area contributed by atoms with Crippen molar-refractivity contribution in [2.75, 3.05) is 25.0 Å². The Hall–Kier alpha value is -2.89. The number of benzene rings is 2. The molecule has 0 unspecified atom stereocenters. The number of amides is 1. The van der Waals surface area contributed by atoms with Gasteiger partial charge in [-0.05, 0) is 49.4 Å². The number of nitrogens with one attached hydrogen (secondary N) is 1. The number of anilines is 1. The Bertz CT molecular complexity index is 784. The Kier molecular flexibility index (Phi) is 5.51. The highest BCUT2D eigenvalue weighted by Gasteiger charge is 2.24. The van der Waals surface area contributed by atoms with Crippen LogP contribution >= 0.6 is 0 Å². The average molecular weight is 353 g/mol. The summed E-state index contributed by atoms with van der Waals surface area (Å²) in [5, 5.41) is 14.4. The van der Waals surface area contributed by atoms with Crippen LogP contribution in [-0.4, -0.2) is 35.4 Å². The van der Waals surface area contributed by atoms with Crippen LogP contribution in [0.2, 0.25) is 0 Å². The number of carbonyl (C=O) groups is 1. The summed E-state index contributed by atoms with van der Waals surface area (Å²) in [5.74, 6) is 0.474. The molecular weight excluding hydrogens is 330 g/mol. The third-order valence-corrected chi connectivity index (χ3v) is 4.85. The molecule has 6 nitrogen and oxygen atoms in total. The van der Waals surface area contributed by atoms with Gasteiger partial charge in [0.2, 0.25) is 0 Å². The highest BCUT2D eigenvalue weighted by atomic mass is 16.6. The third kappa shape index (κ3) is 4.20. The fourth-order valence-electron chi connectivity index (χ4n) is 3.30. The molecule has 1 amide bonds. The van der Waals surface area contributed by atoms with Gasteiger partial charge in [-0.15, -0.1) is 0 Å². The smallest absolute Gasteiger partial charge is 0.292 e. The van der Waals surface area contributed by atoms with Crippen LogP contribution in [0.3, 0.4) is 0 Å². The van der Waals surface area contributed by atoms with Crippen molar-refractivity contribution >= 4 is 17.3 Å². The molecule has 26 heavy (non-hydrogen) atoms. The van der Waals surface area contributed by atoms with E-state index in [1.807, 2.05) is 48.2 Å². The molecule has 0 aromatic heterocycles. The van der Waals surface area contributed by atoms with Crippen LogP contribution in [0, 0.1) is 23.0 Å². The maximum absolute atomic E-state index is 12.5. The molecule has 1 N–H and O–H groups in total. The number of nitrogens with zero attached hydrogens (tertiary/aromatic N) is 2. The van der Waals surface area contributed by atoms with Crippen molar-refractivity contribution in [3.05, 3.63) is 69.8 Å². The van der Waals surface area contributed by atoms with E-state index in [0.29, 0.717) is 18.2 Å². The summed E-state index contributed by atoms with van der Waals surface area (Å²) >= 11 is 0. The molecule has 1 aliphatic heterocycles. The molecule has 0 atom stereocenters. The van der Waals surface area contributed by atoms with Crippen LogP contribution in [-0.2, 0) is 0 Å². The summed E-state index contributed by atoms with van der Waals surface area (Å²) in [6.45, 7) is 3.96. The minimum atomic E-state index is -0.351. The van der Waals surface area contributed by atoms with E-state index in [1.165, 1.54) is 0 Å². The van der Waals surface area contributed by atoms with Gasteiger partial charge in [0.05, 0.1) is 4.92 Å². The number of hydrogen-bond acceptors (Lipinski definition) is 4. The molecule has 1 fully saturated rings.